The molecule has 18 heavy (non-hydrogen) atoms. The Morgan fingerprint density at radius 2 is 1.56 bits per heavy atom. The van der Waals surface area contributed by atoms with Crippen molar-refractivity contribution < 1.29 is 0 Å². The quantitative estimate of drug-likeness (QED) is 0.781. The highest BCUT2D eigenvalue weighted by molar-refractivity contribution is 5.85. The van der Waals surface area contributed by atoms with Crippen LogP contribution >= 0.6 is 12.4 Å². The van der Waals surface area contributed by atoms with E-state index in [4.69, 9.17) is 0 Å². The van der Waals surface area contributed by atoms with Crippen molar-refractivity contribution in [2.45, 2.75) is 25.8 Å². The van der Waals surface area contributed by atoms with E-state index in [0.29, 0.717) is 0 Å². The Kier molecular flexibility index (Phi) is 4.62. The van der Waals surface area contributed by atoms with Crippen molar-refractivity contribution in [3.8, 4) is 0 Å². The number of nitrogens with zero attached hydrogens (tertiary/aromatic N) is 1. The summed E-state index contributed by atoms with van der Waals surface area (Å²) >= 11 is 0. The van der Waals surface area contributed by atoms with Gasteiger partial charge in [-0.25, -0.2) is 0 Å². The first-order valence-corrected chi connectivity index (χ1v) is 6.62. The number of hydrogen-bond acceptors (Lipinski definition) is 1. The van der Waals surface area contributed by atoms with Crippen LogP contribution < -0.4 is 0 Å². The summed E-state index contributed by atoms with van der Waals surface area (Å²) in [6.07, 6.45) is 4.15. The summed E-state index contributed by atoms with van der Waals surface area (Å²) in [4.78, 5) is 2.58. The van der Waals surface area contributed by atoms with Gasteiger partial charge in [0.1, 0.15) is 0 Å². The lowest BCUT2D eigenvalue weighted by Gasteiger charge is -2.26. The topological polar surface area (TPSA) is 3.24 Å². The van der Waals surface area contributed by atoms with Gasteiger partial charge in [-0.3, -0.25) is 4.90 Å². The molecule has 0 atom stereocenters. The van der Waals surface area contributed by atoms with Crippen LogP contribution in [0.1, 0.15) is 24.8 Å². The Labute approximate surface area is 115 Å². The molecular weight excluding hydrogens is 242 g/mol. The van der Waals surface area contributed by atoms with E-state index in [1.807, 2.05) is 0 Å². The van der Waals surface area contributed by atoms with Crippen molar-refractivity contribution in [3.63, 3.8) is 0 Å². The summed E-state index contributed by atoms with van der Waals surface area (Å²) in [7, 11) is 0. The first-order chi connectivity index (χ1) is 8.42. The number of piperidine rings is 1. The SMILES string of the molecule is Cl.c1ccc2cc(CN3CCCCC3)ccc2c1. The summed E-state index contributed by atoms with van der Waals surface area (Å²) in [6.45, 7) is 3.66. The monoisotopic (exact) mass is 261 g/mol. The zero-order valence-electron chi connectivity index (χ0n) is 10.6. The van der Waals surface area contributed by atoms with Gasteiger partial charge in [-0.05, 0) is 48.3 Å². The molecule has 2 aromatic carbocycles. The van der Waals surface area contributed by atoms with Crippen molar-refractivity contribution in [1.29, 1.82) is 0 Å². The Morgan fingerprint density at radius 1 is 0.833 bits per heavy atom. The summed E-state index contributed by atoms with van der Waals surface area (Å²) in [5, 5.41) is 2.71. The van der Waals surface area contributed by atoms with Crippen LogP contribution in [0.4, 0.5) is 0 Å². The van der Waals surface area contributed by atoms with E-state index in [2.05, 4.69) is 47.4 Å². The predicted molar refractivity (Wildman–Crippen MR) is 80.3 cm³/mol. The highest BCUT2D eigenvalue weighted by Gasteiger charge is 2.10. The van der Waals surface area contributed by atoms with Crippen LogP contribution in [-0.2, 0) is 6.54 Å². The fourth-order valence-corrected chi connectivity index (χ4v) is 2.71. The maximum atomic E-state index is 2.58. The minimum Gasteiger partial charge on any atom is -0.299 e. The van der Waals surface area contributed by atoms with Gasteiger partial charge >= 0.3 is 0 Å². The van der Waals surface area contributed by atoms with Crippen LogP contribution in [0.5, 0.6) is 0 Å². The van der Waals surface area contributed by atoms with E-state index in [1.165, 1.54) is 48.7 Å². The maximum absolute atomic E-state index is 2.58. The van der Waals surface area contributed by atoms with Crippen LogP contribution in [0.25, 0.3) is 10.8 Å². The first kappa shape index (κ1) is 13.4. The molecule has 0 saturated carbocycles. The molecule has 2 heteroatoms. The third-order valence-corrected chi connectivity index (χ3v) is 3.67. The zero-order valence-corrected chi connectivity index (χ0v) is 11.5. The van der Waals surface area contributed by atoms with Crippen LogP contribution in [0.2, 0.25) is 0 Å². The molecule has 0 spiro atoms. The molecule has 0 amide bonds. The molecule has 1 saturated heterocycles. The molecule has 1 nitrogen and oxygen atoms in total. The second kappa shape index (κ2) is 6.21. The summed E-state index contributed by atoms with van der Waals surface area (Å²) in [5.41, 5.74) is 1.45. The fraction of sp³-hybridized carbons (Fsp3) is 0.375. The van der Waals surface area contributed by atoms with E-state index in [9.17, 15) is 0 Å². The van der Waals surface area contributed by atoms with Crippen LogP contribution in [0, 0.1) is 0 Å². The zero-order chi connectivity index (χ0) is 11.5. The number of hydrogen-bond donors (Lipinski definition) is 0. The molecular formula is C16H20ClN. The summed E-state index contributed by atoms with van der Waals surface area (Å²) in [6, 6.07) is 15.5. The minimum atomic E-state index is 0. The van der Waals surface area contributed by atoms with Gasteiger partial charge in [-0.2, -0.15) is 0 Å². The van der Waals surface area contributed by atoms with Gasteiger partial charge in [-0.15, -0.1) is 12.4 Å². The lowest BCUT2D eigenvalue weighted by atomic mass is 10.1. The Morgan fingerprint density at radius 3 is 2.33 bits per heavy atom. The number of halogens is 1. The lowest BCUT2D eigenvalue weighted by molar-refractivity contribution is 0.221. The van der Waals surface area contributed by atoms with E-state index >= 15 is 0 Å². The van der Waals surface area contributed by atoms with Gasteiger partial charge in [0, 0.05) is 6.54 Å². The van der Waals surface area contributed by atoms with E-state index in [-0.39, 0.29) is 12.4 Å². The van der Waals surface area contributed by atoms with Gasteiger partial charge in [-0.1, -0.05) is 42.8 Å². The summed E-state index contributed by atoms with van der Waals surface area (Å²) < 4.78 is 0. The Balaban J connectivity index is 0.00000120. The van der Waals surface area contributed by atoms with Crippen molar-refractivity contribution in [2.24, 2.45) is 0 Å². The average molecular weight is 262 g/mol. The second-order valence-corrected chi connectivity index (χ2v) is 5.02. The molecule has 0 N–H and O–H groups in total. The largest absolute Gasteiger partial charge is 0.299 e. The molecule has 0 aromatic heterocycles. The minimum absolute atomic E-state index is 0. The third-order valence-electron chi connectivity index (χ3n) is 3.67. The fourth-order valence-electron chi connectivity index (χ4n) is 2.71. The van der Waals surface area contributed by atoms with Crippen LogP contribution in [0.15, 0.2) is 42.5 Å². The third kappa shape index (κ3) is 3.04. The van der Waals surface area contributed by atoms with E-state index in [0.717, 1.165) is 6.54 Å². The molecule has 0 unspecified atom stereocenters. The van der Waals surface area contributed by atoms with Gasteiger partial charge in [0.2, 0.25) is 0 Å². The molecule has 1 aliphatic heterocycles. The number of fused-ring (bicyclic) bond motifs is 1. The van der Waals surface area contributed by atoms with Gasteiger partial charge in [0.25, 0.3) is 0 Å². The molecule has 96 valence electrons. The maximum Gasteiger partial charge on any atom is 0.0233 e. The molecule has 1 fully saturated rings. The smallest absolute Gasteiger partial charge is 0.0233 e. The number of rotatable bonds is 2. The standard InChI is InChI=1S/C16H19N.ClH/c1-4-10-17(11-5-1)13-14-8-9-15-6-2-3-7-16(15)12-14;/h2-3,6-9,12H,1,4-5,10-11,13H2;1H. The van der Waals surface area contributed by atoms with Crippen molar-refractivity contribution in [1.82, 2.24) is 4.90 Å². The highest BCUT2D eigenvalue weighted by Crippen LogP contribution is 2.18. The number of likely N-dealkylation sites (tertiary alicyclic amines) is 1. The van der Waals surface area contributed by atoms with Gasteiger partial charge in [0.05, 0.1) is 0 Å². The van der Waals surface area contributed by atoms with Crippen molar-refractivity contribution >= 4 is 23.2 Å². The normalized spacial score (nSPS) is 16.4. The van der Waals surface area contributed by atoms with E-state index in [1.54, 1.807) is 0 Å². The molecule has 0 radical (unpaired) electrons. The molecule has 0 aliphatic carbocycles. The van der Waals surface area contributed by atoms with Crippen molar-refractivity contribution in [3.05, 3.63) is 48.0 Å². The molecule has 0 bridgehead atoms. The summed E-state index contributed by atoms with van der Waals surface area (Å²) in [5.74, 6) is 0. The second-order valence-electron chi connectivity index (χ2n) is 5.02. The van der Waals surface area contributed by atoms with Crippen LogP contribution in [0.3, 0.4) is 0 Å². The van der Waals surface area contributed by atoms with E-state index < -0.39 is 0 Å². The van der Waals surface area contributed by atoms with Crippen molar-refractivity contribution in [2.75, 3.05) is 13.1 Å². The molecule has 1 heterocycles. The highest BCUT2D eigenvalue weighted by atomic mass is 35.5. The van der Waals surface area contributed by atoms with Gasteiger partial charge in [0.15, 0.2) is 0 Å². The number of benzene rings is 2. The molecule has 3 rings (SSSR count). The predicted octanol–water partition coefficient (Wildman–Crippen LogP) is 4.25. The van der Waals surface area contributed by atoms with Crippen LogP contribution in [-0.4, -0.2) is 18.0 Å². The van der Waals surface area contributed by atoms with Gasteiger partial charge < -0.3 is 0 Å². The lowest BCUT2D eigenvalue weighted by Crippen LogP contribution is -2.29. The molecule has 1 aliphatic rings. The first-order valence-electron chi connectivity index (χ1n) is 6.62. The molecule has 2 aromatic rings. The average Bonchev–Trinajstić information content (AvgIpc) is 2.40. The Bertz CT molecular complexity index is 503. The Hall–Kier alpha value is -1.05.